The van der Waals surface area contributed by atoms with E-state index in [2.05, 4.69) is 0 Å². The average molecular weight is 501 g/mol. The molecule has 0 aliphatic carbocycles. The minimum atomic E-state index is -5.50. The Balaban J connectivity index is 0. The molecule has 0 aromatic heterocycles. The third-order valence-corrected chi connectivity index (χ3v) is 6.89. The zero-order valence-electron chi connectivity index (χ0n) is 16.1. The van der Waals surface area contributed by atoms with Crippen LogP contribution in [0.5, 0.6) is 11.5 Å². The average Bonchev–Trinajstić information content (AvgIpc) is 2.50. The molecule has 0 fully saturated rings. The van der Waals surface area contributed by atoms with Crippen LogP contribution in [0.3, 0.4) is 0 Å². The van der Waals surface area contributed by atoms with Crippen LogP contribution < -0.4 is 169 Å². The van der Waals surface area contributed by atoms with E-state index >= 15 is 0 Å². The van der Waals surface area contributed by atoms with E-state index in [1.54, 1.807) is 36.4 Å². The number of aryl methyl sites for hydroxylation is 1. The van der Waals surface area contributed by atoms with Gasteiger partial charge in [-0.3, -0.25) is 0 Å². The van der Waals surface area contributed by atoms with Gasteiger partial charge in [0, 0.05) is 0 Å². The summed E-state index contributed by atoms with van der Waals surface area (Å²) in [5, 5.41) is 0. The van der Waals surface area contributed by atoms with E-state index in [1.807, 2.05) is 18.2 Å². The fraction of sp³-hybridized carbons (Fsp3) is 0.250. The summed E-state index contributed by atoms with van der Waals surface area (Å²) in [7, 11) is -10.7. The predicted octanol–water partition coefficient (Wildman–Crippen LogP) is -7.40. The van der Waals surface area contributed by atoms with Crippen molar-refractivity contribution in [1.82, 2.24) is 0 Å². The fourth-order valence-corrected chi connectivity index (χ4v) is 4.55. The zero-order chi connectivity index (χ0) is 18.5. The van der Waals surface area contributed by atoms with E-state index in [0.29, 0.717) is 17.9 Å². The second-order valence-corrected chi connectivity index (χ2v) is 9.05. The monoisotopic (exact) mass is 500 g/mol. The van der Waals surface area contributed by atoms with E-state index in [-0.39, 0.29) is 161 Å². The molecule has 12 heteroatoms. The summed E-state index contributed by atoms with van der Waals surface area (Å²) in [4.78, 5) is 19.5. The van der Waals surface area contributed by atoms with Crippen LogP contribution in [0.2, 0.25) is 0 Å². The van der Waals surface area contributed by atoms with Gasteiger partial charge in [-0.15, -0.1) is 0 Å². The van der Waals surface area contributed by atoms with Crippen molar-refractivity contribution in [3.05, 3.63) is 60.2 Å². The van der Waals surface area contributed by atoms with Crippen LogP contribution in [0.4, 0.5) is 0 Å². The van der Waals surface area contributed by atoms with Gasteiger partial charge in [0.05, 0.1) is 4.99 Å². The Morgan fingerprint density at radius 1 is 0.929 bits per heavy atom. The smallest absolute Gasteiger partial charge is 0.810 e. The van der Waals surface area contributed by atoms with Crippen LogP contribution in [0.15, 0.2) is 54.6 Å². The van der Waals surface area contributed by atoms with Gasteiger partial charge in [-0.25, -0.2) is 8.42 Å². The summed E-state index contributed by atoms with van der Waals surface area (Å²) in [5.41, 5.74) is 0.766. The standard InChI is InChI=1S/C16H19O7PS.3K/c17-24(18,19)16(25(20,21)22)11-5-7-13-6-4-10-15(12-13)23-14-8-2-1-3-9-14;;;/h1-4,6,8-10,12,16H,5,7,11H2,(H2,17,18,19)(H,20,21,22);;;/q;3*+1/p-3. The van der Waals surface area contributed by atoms with E-state index in [1.165, 1.54) is 0 Å². The van der Waals surface area contributed by atoms with E-state index in [9.17, 15) is 27.3 Å². The molecular weight excluding hydrogens is 485 g/mol. The molecule has 0 saturated carbocycles. The molecule has 7 nitrogen and oxygen atoms in total. The molecular formula is C16H16K3O7PS. The number of benzene rings is 2. The van der Waals surface area contributed by atoms with E-state index in [4.69, 9.17) is 4.74 Å². The maximum absolute atomic E-state index is 11.0. The maximum Gasteiger partial charge on any atom is 1.00 e. The first kappa shape index (κ1) is 33.4. The summed E-state index contributed by atoms with van der Waals surface area (Å²) in [6.07, 6.45) is -0.159. The predicted molar refractivity (Wildman–Crippen MR) is 87.0 cm³/mol. The summed E-state index contributed by atoms with van der Waals surface area (Å²) in [6.45, 7) is 0. The van der Waals surface area contributed by atoms with Gasteiger partial charge < -0.3 is 23.6 Å². The van der Waals surface area contributed by atoms with Gasteiger partial charge in [-0.2, -0.15) is 0 Å². The number of rotatable bonds is 8. The second kappa shape index (κ2) is 15.9. The molecule has 0 amide bonds. The Kier molecular flexibility index (Phi) is 19.0. The van der Waals surface area contributed by atoms with Gasteiger partial charge in [0.15, 0.2) is 0 Å². The van der Waals surface area contributed by atoms with Gasteiger partial charge in [0.2, 0.25) is 0 Å². The molecule has 0 heterocycles. The Morgan fingerprint density at radius 2 is 1.50 bits per heavy atom. The maximum atomic E-state index is 11.0. The van der Waals surface area contributed by atoms with Crippen molar-refractivity contribution in [2.45, 2.75) is 24.3 Å². The van der Waals surface area contributed by atoms with Crippen molar-refractivity contribution in [2.75, 3.05) is 0 Å². The van der Waals surface area contributed by atoms with Crippen LogP contribution in [0, 0.1) is 0 Å². The largest absolute Gasteiger partial charge is 1.00 e. The van der Waals surface area contributed by atoms with Gasteiger partial charge >= 0.3 is 154 Å². The van der Waals surface area contributed by atoms with Gasteiger partial charge in [-0.05, 0) is 49.1 Å². The van der Waals surface area contributed by atoms with Crippen LogP contribution in [0.1, 0.15) is 18.4 Å². The molecule has 2 aromatic carbocycles. The van der Waals surface area contributed by atoms with Crippen molar-refractivity contribution >= 4 is 17.7 Å². The molecule has 0 aliphatic heterocycles. The normalized spacial score (nSPS) is 12.0. The summed E-state index contributed by atoms with van der Waals surface area (Å²) in [5.74, 6) is 1.21. The zero-order valence-corrected chi connectivity index (χ0v) is 27.2. The molecule has 0 spiro atoms. The molecule has 0 radical (unpaired) electrons. The van der Waals surface area contributed by atoms with Gasteiger partial charge in [0.25, 0.3) is 0 Å². The van der Waals surface area contributed by atoms with Gasteiger partial charge in [0.1, 0.15) is 21.6 Å². The molecule has 0 saturated heterocycles. The van der Waals surface area contributed by atoms with Crippen molar-refractivity contribution in [3.8, 4) is 11.5 Å². The Labute approximate surface area is 293 Å². The van der Waals surface area contributed by atoms with Crippen LogP contribution in [-0.2, 0) is 21.1 Å². The van der Waals surface area contributed by atoms with Gasteiger partial charge in [-0.1, -0.05) is 37.9 Å². The van der Waals surface area contributed by atoms with Crippen molar-refractivity contribution in [1.29, 1.82) is 0 Å². The third-order valence-electron chi connectivity index (χ3n) is 3.48. The fourth-order valence-electron chi connectivity index (χ4n) is 2.33. The molecule has 0 bridgehead atoms. The summed E-state index contributed by atoms with van der Waals surface area (Å²) in [6, 6.07) is 16.0. The molecule has 2 rings (SSSR count). The molecule has 0 aliphatic rings. The first-order chi connectivity index (χ1) is 11.7. The van der Waals surface area contributed by atoms with Crippen molar-refractivity contribution in [2.24, 2.45) is 0 Å². The first-order valence-electron chi connectivity index (χ1n) is 7.44. The SMILES string of the molecule is O=P([O-])([O-])C(CCCc1cccc(Oc2ccccc2)c1)S(=O)(=O)[O-].[K+].[K+].[K+]. The van der Waals surface area contributed by atoms with Crippen molar-refractivity contribution < 1.29 is 186 Å². The van der Waals surface area contributed by atoms with E-state index in [0.717, 1.165) is 5.56 Å². The molecule has 136 valence electrons. The topological polar surface area (TPSA) is 130 Å². The van der Waals surface area contributed by atoms with Crippen LogP contribution in [-0.4, -0.2) is 18.0 Å². The Morgan fingerprint density at radius 3 is 2.04 bits per heavy atom. The molecule has 28 heavy (non-hydrogen) atoms. The minimum absolute atomic E-state index is 0. The number of ether oxygens (including phenoxy) is 1. The number of hydrogen-bond acceptors (Lipinski definition) is 7. The quantitative estimate of drug-likeness (QED) is 0.200. The number of para-hydroxylation sites is 1. The first-order valence-corrected chi connectivity index (χ1v) is 10.5. The Hall–Kier alpha value is 3.21. The third kappa shape index (κ3) is 12.4. The molecule has 2 aromatic rings. The number of hydrogen-bond donors (Lipinski definition) is 0. The second-order valence-electron chi connectivity index (χ2n) is 5.44. The molecule has 0 N–H and O–H groups in total. The summed E-state index contributed by atoms with van der Waals surface area (Å²) >= 11 is 0. The summed E-state index contributed by atoms with van der Waals surface area (Å²) < 4.78 is 49.4. The molecule has 1 unspecified atom stereocenters. The van der Waals surface area contributed by atoms with Crippen LogP contribution >= 0.6 is 7.60 Å². The van der Waals surface area contributed by atoms with Crippen LogP contribution in [0.25, 0.3) is 0 Å². The van der Waals surface area contributed by atoms with Crippen molar-refractivity contribution in [3.63, 3.8) is 0 Å². The Bertz CT molecular complexity index is 860. The molecule has 1 atom stereocenters. The van der Waals surface area contributed by atoms with E-state index < -0.39 is 29.1 Å². The minimum Gasteiger partial charge on any atom is -0.810 e.